The van der Waals surface area contributed by atoms with Crippen molar-refractivity contribution in [1.29, 1.82) is 0 Å². The number of hydrogen-bond donors (Lipinski definition) is 2. The standard InChI is InChI=1S/C24H29NO7/c1-11(2)32-24(29)19-13(4)25-15-9-12(3)18(23(28)31-6)22(27)21(15)20(19)14-7-8-17(30-5)16(26)10-14/h7-8,10-12,18,20,25-26H,9H2,1-6H3/t12-,18-,20-/m0/s1. The van der Waals surface area contributed by atoms with E-state index in [2.05, 4.69) is 5.32 Å². The highest BCUT2D eigenvalue weighted by Gasteiger charge is 2.47. The molecule has 0 saturated heterocycles. The van der Waals surface area contributed by atoms with Crippen LogP contribution in [0.5, 0.6) is 11.5 Å². The molecule has 1 aromatic rings. The van der Waals surface area contributed by atoms with Crippen molar-refractivity contribution >= 4 is 17.7 Å². The number of benzene rings is 1. The molecule has 3 rings (SSSR count). The Kier molecular flexibility index (Phi) is 6.62. The fraction of sp³-hybridized carbons (Fsp3) is 0.458. The predicted octanol–water partition coefficient (Wildman–Crippen LogP) is 2.97. The molecule has 8 heteroatoms. The normalized spacial score (nSPS) is 23.0. The third-order valence-electron chi connectivity index (χ3n) is 5.84. The molecular formula is C24H29NO7. The monoisotopic (exact) mass is 443 g/mol. The van der Waals surface area contributed by atoms with Crippen molar-refractivity contribution in [2.24, 2.45) is 11.8 Å². The van der Waals surface area contributed by atoms with Crippen LogP contribution in [-0.2, 0) is 23.9 Å². The van der Waals surface area contributed by atoms with Gasteiger partial charge in [0.05, 0.1) is 25.9 Å². The largest absolute Gasteiger partial charge is 0.504 e. The number of rotatable bonds is 5. The maximum atomic E-state index is 13.6. The van der Waals surface area contributed by atoms with Gasteiger partial charge < -0.3 is 24.6 Å². The van der Waals surface area contributed by atoms with Gasteiger partial charge in [-0.05, 0) is 50.8 Å². The minimum atomic E-state index is -0.976. The molecule has 1 heterocycles. The molecule has 2 N–H and O–H groups in total. The molecule has 0 fully saturated rings. The number of hydrogen-bond acceptors (Lipinski definition) is 8. The SMILES string of the molecule is COC(=O)[C@@H]1C(=O)C2=C(C[C@@H]1C)NC(C)=C(C(=O)OC(C)C)[C@@H]2c1ccc(OC)c(O)c1. The molecule has 32 heavy (non-hydrogen) atoms. The van der Waals surface area contributed by atoms with Crippen LogP contribution in [0.1, 0.15) is 45.6 Å². The summed E-state index contributed by atoms with van der Waals surface area (Å²) in [7, 11) is 2.68. The molecule has 8 nitrogen and oxygen atoms in total. The first-order chi connectivity index (χ1) is 15.1. The Bertz CT molecular complexity index is 1020. The molecule has 1 aromatic carbocycles. The Morgan fingerprint density at radius 3 is 2.47 bits per heavy atom. The van der Waals surface area contributed by atoms with Gasteiger partial charge in [-0.1, -0.05) is 13.0 Å². The van der Waals surface area contributed by atoms with Gasteiger partial charge in [0.1, 0.15) is 5.92 Å². The zero-order valence-electron chi connectivity index (χ0n) is 19.1. The zero-order chi connectivity index (χ0) is 23.7. The van der Waals surface area contributed by atoms with E-state index < -0.39 is 29.6 Å². The molecule has 3 atom stereocenters. The van der Waals surface area contributed by atoms with Crippen molar-refractivity contribution < 1.29 is 33.7 Å². The first-order valence-corrected chi connectivity index (χ1v) is 10.5. The number of ether oxygens (including phenoxy) is 3. The molecule has 0 spiro atoms. The second-order valence-electron chi connectivity index (χ2n) is 8.42. The fourth-order valence-electron chi connectivity index (χ4n) is 4.45. The Labute approximate surface area is 187 Å². The van der Waals surface area contributed by atoms with Gasteiger partial charge in [-0.25, -0.2) is 4.79 Å². The molecule has 0 radical (unpaired) electrons. The van der Waals surface area contributed by atoms with E-state index in [9.17, 15) is 19.5 Å². The van der Waals surface area contributed by atoms with Crippen LogP contribution in [0.4, 0.5) is 0 Å². The first-order valence-electron chi connectivity index (χ1n) is 10.5. The third-order valence-corrected chi connectivity index (χ3v) is 5.84. The van der Waals surface area contributed by atoms with Gasteiger partial charge in [0.15, 0.2) is 17.3 Å². The van der Waals surface area contributed by atoms with E-state index >= 15 is 0 Å². The Morgan fingerprint density at radius 1 is 1.22 bits per heavy atom. The third kappa shape index (κ3) is 4.09. The number of carbonyl (C=O) groups excluding carboxylic acids is 3. The van der Waals surface area contributed by atoms with Gasteiger partial charge in [0, 0.05) is 22.9 Å². The van der Waals surface area contributed by atoms with Crippen molar-refractivity contribution in [2.45, 2.75) is 46.1 Å². The molecular weight excluding hydrogens is 414 g/mol. The summed E-state index contributed by atoms with van der Waals surface area (Å²) in [6.07, 6.45) is 0.0663. The maximum absolute atomic E-state index is 13.6. The van der Waals surface area contributed by atoms with Gasteiger partial charge in [-0.3, -0.25) is 9.59 Å². The minimum Gasteiger partial charge on any atom is -0.504 e. The van der Waals surface area contributed by atoms with Crippen LogP contribution in [0, 0.1) is 11.8 Å². The number of phenolic OH excluding ortho intramolecular Hbond substituents is 1. The van der Waals surface area contributed by atoms with Crippen LogP contribution >= 0.6 is 0 Å². The molecule has 0 bridgehead atoms. The highest BCUT2D eigenvalue weighted by atomic mass is 16.5. The topological polar surface area (TPSA) is 111 Å². The summed E-state index contributed by atoms with van der Waals surface area (Å²) in [5, 5.41) is 13.6. The highest BCUT2D eigenvalue weighted by molar-refractivity contribution is 6.12. The highest BCUT2D eigenvalue weighted by Crippen LogP contribution is 2.46. The van der Waals surface area contributed by atoms with Crippen LogP contribution in [0.2, 0.25) is 0 Å². The van der Waals surface area contributed by atoms with E-state index in [1.165, 1.54) is 20.3 Å². The van der Waals surface area contributed by atoms with Crippen LogP contribution in [-0.4, -0.2) is 43.2 Å². The van der Waals surface area contributed by atoms with E-state index in [0.717, 1.165) is 0 Å². The number of allylic oxidation sites excluding steroid dienone is 3. The number of nitrogens with one attached hydrogen (secondary N) is 1. The lowest BCUT2D eigenvalue weighted by Crippen LogP contribution is -2.43. The summed E-state index contributed by atoms with van der Waals surface area (Å²) in [4.78, 5) is 39.1. The average Bonchev–Trinajstić information content (AvgIpc) is 2.71. The van der Waals surface area contributed by atoms with Gasteiger partial charge in [0.25, 0.3) is 0 Å². The Balaban J connectivity index is 2.21. The van der Waals surface area contributed by atoms with Crippen LogP contribution in [0.3, 0.4) is 0 Å². The summed E-state index contributed by atoms with van der Waals surface area (Å²) >= 11 is 0. The molecule has 0 aromatic heterocycles. The van der Waals surface area contributed by atoms with E-state index in [4.69, 9.17) is 14.2 Å². The molecule has 0 amide bonds. The second kappa shape index (κ2) is 9.06. The molecule has 0 saturated carbocycles. The molecule has 0 unspecified atom stereocenters. The predicted molar refractivity (Wildman–Crippen MR) is 116 cm³/mol. The quantitative estimate of drug-likeness (QED) is 0.528. The van der Waals surface area contributed by atoms with Crippen molar-refractivity contribution in [3.63, 3.8) is 0 Å². The summed E-state index contributed by atoms with van der Waals surface area (Å²) < 4.78 is 15.5. The maximum Gasteiger partial charge on any atom is 0.337 e. The second-order valence-corrected chi connectivity index (χ2v) is 8.42. The lowest BCUT2D eigenvalue weighted by molar-refractivity contribution is -0.151. The van der Waals surface area contributed by atoms with Crippen LogP contribution in [0.25, 0.3) is 0 Å². The van der Waals surface area contributed by atoms with Gasteiger partial charge >= 0.3 is 11.9 Å². The van der Waals surface area contributed by atoms with E-state index in [1.807, 2.05) is 6.92 Å². The number of carbonyl (C=O) groups is 3. The van der Waals surface area contributed by atoms with E-state index in [-0.39, 0.29) is 29.1 Å². The number of aromatic hydroxyl groups is 1. The summed E-state index contributed by atoms with van der Waals surface area (Å²) in [6.45, 7) is 7.05. The molecule has 172 valence electrons. The Morgan fingerprint density at radius 2 is 1.91 bits per heavy atom. The number of dihydropyridines is 1. The van der Waals surface area contributed by atoms with Crippen molar-refractivity contribution in [3.8, 4) is 11.5 Å². The Hall–Kier alpha value is -3.29. The zero-order valence-corrected chi connectivity index (χ0v) is 19.1. The minimum absolute atomic E-state index is 0.124. The number of phenols is 1. The number of Topliss-reactive ketones (excluding diaryl/α,β-unsaturated/α-hetero) is 1. The summed E-state index contributed by atoms with van der Waals surface area (Å²) in [6, 6.07) is 4.72. The average molecular weight is 443 g/mol. The van der Waals surface area contributed by atoms with Crippen molar-refractivity contribution in [2.75, 3.05) is 14.2 Å². The first kappa shape index (κ1) is 23.4. The van der Waals surface area contributed by atoms with Crippen molar-refractivity contribution in [3.05, 3.63) is 46.3 Å². The van der Waals surface area contributed by atoms with Gasteiger partial charge in [0.2, 0.25) is 0 Å². The van der Waals surface area contributed by atoms with Crippen LogP contribution in [0.15, 0.2) is 40.7 Å². The molecule has 2 aliphatic rings. The van der Waals surface area contributed by atoms with Crippen molar-refractivity contribution in [1.82, 2.24) is 5.32 Å². The lowest BCUT2D eigenvalue weighted by Gasteiger charge is -2.38. The molecule has 1 aliphatic carbocycles. The fourth-order valence-corrected chi connectivity index (χ4v) is 4.45. The van der Waals surface area contributed by atoms with E-state index in [0.29, 0.717) is 29.0 Å². The van der Waals surface area contributed by atoms with Crippen LogP contribution < -0.4 is 10.1 Å². The smallest absolute Gasteiger partial charge is 0.337 e. The number of ketones is 1. The van der Waals surface area contributed by atoms with E-state index in [1.54, 1.807) is 32.9 Å². The van der Waals surface area contributed by atoms with Gasteiger partial charge in [-0.15, -0.1) is 0 Å². The lowest BCUT2D eigenvalue weighted by atomic mass is 9.69. The summed E-state index contributed by atoms with van der Waals surface area (Å²) in [5.41, 5.74) is 2.30. The number of esters is 2. The summed E-state index contributed by atoms with van der Waals surface area (Å²) in [5.74, 6) is -3.51. The number of methoxy groups -OCH3 is 2. The molecule has 1 aliphatic heterocycles. The van der Waals surface area contributed by atoms with Gasteiger partial charge in [-0.2, -0.15) is 0 Å².